The molecule has 0 unspecified atom stereocenters. The molecule has 0 heterocycles. The number of nitrogens with one attached hydrogen (secondary N) is 2. The zero-order valence-corrected chi connectivity index (χ0v) is 15.7. The van der Waals surface area contributed by atoms with E-state index in [9.17, 15) is 13.2 Å². The van der Waals surface area contributed by atoms with Crippen molar-refractivity contribution in [1.29, 1.82) is 0 Å². The minimum absolute atomic E-state index is 0.206. The third kappa shape index (κ3) is 6.21. The van der Waals surface area contributed by atoms with E-state index in [0.29, 0.717) is 22.3 Å². The highest BCUT2D eigenvalue weighted by Crippen LogP contribution is 2.29. The first kappa shape index (κ1) is 20.6. The molecule has 2 rings (SSSR count). The summed E-state index contributed by atoms with van der Waals surface area (Å²) in [5.41, 5.74) is 1.36. The quantitative estimate of drug-likeness (QED) is 0.689. The SMILES string of the molecule is COc1ccc(OC)c([C@H](C)NC(=S)Nc2ccc(OC(F)(F)F)cc2)c1. The standard InChI is InChI=1S/C18H19F3N2O3S/c1-11(15-10-14(24-2)8-9-16(15)25-3)22-17(27)23-12-4-6-13(7-5-12)26-18(19,20)21/h4-11H,1-3H3,(H2,22,23,27)/t11-/m0/s1. The van der Waals surface area contributed by atoms with Gasteiger partial charge in [-0.25, -0.2) is 0 Å². The number of hydrogen-bond donors (Lipinski definition) is 2. The summed E-state index contributed by atoms with van der Waals surface area (Å²) >= 11 is 5.27. The van der Waals surface area contributed by atoms with E-state index in [0.717, 1.165) is 5.56 Å². The van der Waals surface area contributed by atoms with Crippen molar-refractivity contribution in [2.75, 3.05) is 19.5 Å². The van der Waals surface area contributed by atoms with Crippen LogP contribution in [0.3, 0.4) is 0 Å². The average molecular weight is 400 g/mol. The largest absolute Gasteiger partial charge is 0.573 e. The summed E-state index contributed by atoms with van der Waals surface area (Å²) in [6.45, 7) is 1.89. The van der Waals surface area contributed by atoms with Crippen LogP contribution in [-0.4, -0.2) is 25.7 Å². The predicted octanol–water partition coefficient (Wildman–Crippen LogP) is 4.65. The van der Waals surface area contributed by atoms with Gasteiger partial charge < -0.3 is 24.8 Å². The second-order valence-electron chi connectivity index (χ2n) is 5.50. The molecule has 0 aliphatic heterocycles. The van der Waals surface area contributed by atoms with Crippen LogP contribution in [0.5, 0.6) is 17.2 Å². The maximum atomic E-state index is 12.2. The van der Waals surface area contributed by atoms with Crippen LogP contribution in [0.4, 0.5) is 18.9 Å². The van der Waals surface area contributed by atoms with E-state index in [1.807, 2.05) is 13.0 Å². The van der Waals surface area contributed by atoms with Gasteiger partial charge >= 0.3 is 6.36 Å². The summed E-state index contributed by atoms with van der Waals surface area (Å²) in [4.78, 5) is 0. The van der Waals surface area contributed by atoms with E-state index in [1.165, 1.54) is 24.3 Å². The highest BCUT2D eigenvalue weighted by molar-refractivity contribution is 7.80. The summed E-state index contributed by atoms with van der Waals surface area (Å²) in [6.07, 6.45) is -4.73. The Morgan fingerprint density at radius 1 is 1.00 bits per heavy atom. The van der Waals surface area contributed by atoms with Crippen LogP contribution in [0.1, 0.15) is 18.5 Å². The van der Waals surface area contributed by atoms with Crippen LogP contribution in [0.25, 0.3) is 0 Å². The third-order valence-corrected chi connectivity index (χ3v) is 3.82. The molecule has 2 aromatic carbocycles. The van der Waals surface area contributed by atoms with Gasteiger partial charge in [0.2, 0.25) is 0 Å². The number of methoxy groups -OCH3 is 2. The van der Waals surface area contributed by atoms with Crippen molar-refractivity contribution < 1.29 is 27.4 Å². The Bertz CT molecular complexity index is 782. The third-order valence-electron chi connectivity index (χ3n) is 3.60. The van der Waals surface area contributed by atoms with E-state index in [1.54, 1.807) is 26.4 Å². The monoisotopic (exact) mass is 400 g/mol. The molecule has 0 aromatic heterocycles. The van der Waals surface area contributed by atoms with Gasteiger partial charge in [-0.15, -0.1) is 13.2 Å². The van der Waals surface area contributed by atoms with Crippen molar-refractivity contribution >= 4 is 23.0 Å². The van der Waals surface area contributed by atoms with Crippen LogP contribution in [-0.2, 0) is 0 Å². The lowest BCUT2D eigenvalue weighted by Crippen LogP contribution is -2.31. The van der Waals surface area contributed by atoms with E-state index >= 15 is 0 Å². The lowest BCUT2D eigenvalue weighted by atomic mass is 10.1. The van der Waals surface area contributed by atoms with Gasteiger partial charge in [-0.05, 0) is 61.6 Å². The number of anilines is 1. The Morgan fingerprint density at radius 3 is 2.19 bits per heavy atom. The Morgan fingerprint density at radius 2 is 1.63 bits per heavy atom. The molecule has 2 N–H and O–H groups in total. The van der Waals surface area contributed by atoms with Gasteiger partial charge in [0.1, 0.15) is 17.2 Å². The fraction of sp³-hybridized carbons (Fsp3) is 0.278. The van der Waals surface area contributed by atoms with E-state index < -0.39 is 6.36 Å². The summed E-state index contributed by atoms with van der Waals surface area (Å²) in [6, 6.07) is 10.5. The molecule has 1 atom stereocenters. The molecule has 0 amide bonds. The molecule has 2 aromatic rings. The summed E-state index contributed by atoms with van der Waals surface area (Å²) in [7, 11) is 3.14. The molecule has 0 spiro atoms. The molecule has 0 saturated carbocycles. The summed E-state index contributed by atoms with van der Waals surface area (Å²) in [5, 5.41) is 6.31. The van der Waals surface area contributed by atoms with Crippen LogP contribution in [0.15, 0.2) is 42.5 Å². The highest BCUT2D eigenvalue weighted by atomic mass is 32.1. The van der Waals surface area contributed by atoms with Gasteiger partial charge in [0.05, 0.1) is 20.3 Å². The lowest BCUT2D eigenvalue weighted by molar-refractivity contribution is -0.274. The Labute approximate surface area is 160 Å². The molecular formula is C18H19F3N2O3S. The Kier molecular flexibility index (Phi) is 6.73. The number of alkyl halides is 3. The first-order chi connectivity index (χ1) is 12.7. The molecule has 0 fully saturated rings. The predicted molar refractivity (Wildman–Crippen MR) is 100 cm³/mol. The summed E-state index contributed by atoms with van der Waals surface area (Å²) in [5.74, 6) is 1.05. The topological polar surface area (TPSA) is 51.8 Å². The van der Waals surface area contributed by atoms with Crippen molar-refractivity contribution in [3.05, 3.63) is 48.0 Å². The van der Waals surface area contributed by atoms with Crippen LogP contribution in [0.2, 0.25) is 0 Å². The maximum absolute atomic E-state index is 12.2. The molecule has 0 aliphatic carbocycles. The smallest absolute Gasteiger partial charge is 0.497 e. The number of ether oxygens (including phenoxy) is 3. The van der Waals surface area contributed by atoms with Crippen molar-refractivity contribution in [3.63, 3.8) is 0 Å². The molecule has 0 saturated heterocycles. The van der Waals surface area contributed by atoms with E-state index in [4.69, 9.17) is 21.7 Å². The zero-order valence-electron chi connectivity index (χ0n) is 14.9. The second kappa shape index (κ2) is 8.81. The van der Waals surface area contributed by atoms with Gasteiger partial charge in [-0.2, -0.15) is 0 Å². The maximum Gasteiger partial charge on any atom is 0.573 e. The van der Waals surface area contributed by atoms with Crippen molar-refractivity contribution in [2.24, 2.45) is 0 Å². The Balaban J connectivity index is 2.01. The van der Waals surface area contributed by atoms with E-state index in [2.05, 4.69) is 15.4 Å². The lowest BCUT2D eigenvalue weighted by Gasteiger charge is -2.20. The van der Waals surface area contributed by atoms with Crippen molar-refractivity contribution in [2.45, 2.75) is 19.3 Å². The minimum Gasteiger partial charge on any atom is -0.497 e. The first-order valence-corrected chi connectivity index (χ1v) is 8.28. The minimum atomic E-state index is -4.73. The van der Waals surface area contributed by atoms with Crippen LogP contribution in [0, 0.1) is 0 Å². The second-order valence-corrected chi connectivity index (χ2v) is 5.91. The summed E-state index contributed by atoms with van der Waals surface area (Å²) < 4.78 is 51.0. The molecule has 27 heavy (non-hydrogen) atoms. The molecule has 5 nitrogen and oxygen atoms in total. The fourth-order valence-corrected chi connectivity index (χ4v) is 2.65. The molecule has 146 valence electrons. The zero-order chi connectivity index (χ0) is 20.0. The Hall–Kier alpha value is -2.68. The molecule has 0 radical (unpaired) electrons. The molecule has 9 heteroatoms. The van der Waals surface area contributed by atoms with Gasteiger partial charge in [-0.3, -0.25) is 0 Å². The van der Waals surface area contributed by atoms with Gasteiger partial charge in [0, 0.05) is 11.3 Å². The average Bonchev–Trinajstić information content (AvgIpc) is 2.61. The normalized spacial score (nSPS) is 12.1. The number of rotatable bonds is 6. The highest BCUT2D eigenvalue weighted by Gasteiger charge is 2.30. The van der Waals surface area contributed by atoms with Gasteiger partial charge in [-0.1, -0.05) is 0 Å². The van der Waals surface area contributed by atoms with Crippen LogP contribution < -0.4 is 24.8 Å². The molecule has 0 bridgehead atoms. The number of thiocarbonyl (C=S) groups is 1. The van der Waals surface area contributed by atoms with Crippen LogP contribution >= 0.6 is 12.2 Å². The molecule has 0 aliphatic rings. The fourth-order valence-electron chi connectivity index (χ4n) is 2.36. The van der Waals surface area contributed by atoms with Crippen molar-refractivity contribution in [1.82, 2.24) is 5.32 Å². The number of benzene rings is 2. The molecular weight excluding hydrogens is 381 g/mol. The van der Waals surface area contributed by atoms with Gasteiger partial charge in [0.15, 0.2) is 5.11 Å². The number of halogens is 3. The van der Waals surface area contributed by atoms with E-state index in [-0.39, 0.29) is 11.8 Å². The van der Waals surface area contributed by atoms with Gasteiger partial charge in [0.25, 0.3) is 0 Å². The number of hydrogen-bond acceptors (Lipinski definition) is 4. The first-order valence-electron chi connectivity index (χ1n) is 7.87. The van der Waals surface area contributed by atoms with Crippen molar-refractivity contribution in [3.8, 4) is 17.2 Å².